The summed E-state index contributed by atoms with van der Waals surface area (Å²) in [6.07, 6.45) is 1.57. The van der Waals surface area contributed by atoms with Gasteiger partial charge in [-0.05, 0) is 84.4 Å². The van der Waals surface area contributed by atoms with Gasteiger partial charge in [0.2, 0.25) is 0 Å². The third kappa shape index (κ3) is 5.80. The van der Waals surface area contributed by atoms with Gasteiger partial charge in [-0.3, -0.25) is 0 Å². The van der Waals surface area contributed by atoms with Crippen LogP contribution in [0.25, 0.3) is 10.8 Å². The number of carbonyl (C=O) groups is 1. The smallest absolute Gasteiger partial charge is 0.339 e. The first-order chi connectivity index (χ1) is 16.0. The number of nitrogens with one attached hydrogen (secondary N) is 2. The van der Waals surface area contributed by atoms with Crippen LogP contribution in [0, 0.1) is 6.92 Å². The van der Waals surface area contributed by atoms with Gasteiger partial charge in [0, 0.05) is 5.69 Å². The van der Waals surface area contributed by atoms with Crippen LogP contribution in [0.15, 0.2) is 92.9 Å². The van der Waals surface area contributed by atoms with E-state index in [9.17, 15) is 4.79 Å². The first-order valence-electron chi connectivity index (χ1n) is 10.3. The minimum absolute atomic E-state index is 0.409. The maximum absolute atomic E-state index is 12.1. The Hall–Kier alpha value is -3.16. The summed E-state index contributed by atoms with van der Waals surface area (Å²) in [4.78, 5) is 12.1. The second kappa shape index (κ2) is 10.6. The minimum Gasteiger partial charge on any atom is -0.487 e. The number of halogens is 2. The molecule has 4 rings (SSSR count). The highest BCUT2D eigenvalue weighted by Crippen LogP contribution is 2.35. The Kier molecular flexibility index (Phi) is 7.42. The number of urea groups is 1. The van der Waals surface area contributed by atoms with Crippen molar-refractivity contribution >= 4 is 60.6 Å². The van der Waals surface area contributed by atoms with Crippen molar-refractivity contribution in [3.8, 4) is 5.75 Å². The van der Waals surface area contributed by atoms with Crippen LogP contribution in [0.4, 0.5) is 10.5 Å². The number of rotatable bonds is 6. The number of carbonyl (C=O) groups excluding carboxylic acids is 1. The second-order valence-corrected chi connectivity index (χ2v) is 9.09. The molecule has 5 nitrogen and oxygen atoms in total. The van der Waals surface area contributed by atoms with Gasteiger partial charge in [-0.15, -0.1) is 0 Å². The molecule has 33 heavy (non-hydrogen) atoms. The molecule has 0 aromatic heterocycles. The minimum atomic E-state index is -0.409. The highest BCUT2D eigenvalue weighted by molar-refractivity contribution is 9.11. The van der Waals surface area contributed by atoms with Gasteiger partial charge in [0.05, 0.1) is 15.2 Å². The highest BCUT2D eigenvalue weighted by atomic mass is 79.9. The first-order valence-corrected chi connectivity index (χ1v) is 11.8. The van der Waals surface area contributed by atoms with E-state index >= 15 is 0 Å². The molecule has 0 aliphatic rings. The fourth-order valence-corrected chi connectivity index (χ4v) is 4.84. The average Bonchev–Trinajstić information content (AvgIpc) is 2.80. The van der Waals surface area contributed by atoms with E-state index in [4.69, 9.17) is 4.74 Å². The zero-order valence-electron chi connectivity index (χ0n) is 17.8. The molecule has 0 saturated heterocycles. The van der Waals surface area contributed by atoms with Crippen LogP contribution >= 0.6 is 31.9 Å². The first kappa shape index (κ1) is 23.0. The van der Waals surface area contributed by atoms with Gasteiger partial charge in [-0.1, -0.05) is 60.7 Å². The molecule has 4 aromatic rings. The molecule has 0 spiro atoms. The molecule has 0 fully saturated rings. The summed E-state index contributed by atoms with van der Waals surface area (Å²) >= 11 is 7.16. The maximum Gasteiger partial charge on any atom is 0.339 e. The SMILES string of the molecule is Cc1ccccc1NC(=O)NN=Cc1cc(Br)c(OCc2cccc3ccccc23)c(Br)c1. The molecule has 0 aliphatic carbocycles. The van der Waals surface area contributed by atoms with E-state index in [1.807, 2.05) is 61.5 Å². The van der Waals surface area contributed by atoms with Crippen molar-refractivity contribution in [1.82, 2.24) is 5.43 Å². The van der Waals surface area contributed by atoms with Gasteiger partial charge in [0.25, 0.3) is 0 Å². The number of fused-ring (bicyclic) bond motifs is 1. The van der Waals surface area contributed by atoms with E-state index < -0.39 is 6.03 Å². The lowest BCUT2D eigenvalue weighted by Crippen LogP contribution is -2.24. The molecule has 7 heteroatoms. The molecule has 2 amide bonds. The highest BCUT2D eigenvalue weighted by Gasteiger charge is 2.10. The zero-order chi connectivity index (χ0) is 23.2. The fourth-order valence-electron chi connectivity index (χ4n) is 3.39. The van der Waals surface area contributed by atoms with E-state index in [-0.39, 0.29) is 0 Å². The van der Waals surface area contributed by atoms with Crippen molar-refractivity contribution in [2.45, 2.75) is 13.5 Å². The summed E-state index contributed by atoms with van der Waals surface area (Å²) in [5.74, 6) is 0.699. The molecule has 4 aromatic carbocycles. The van der Waals surface area contributed by atoms with E-state index in [2.05, 4.69) is 72.0 Å². The number of amides is 2. The van der Waals surface area contributed by atoms with Gasteiger partial charge in [-0.2, -0.15) is 5.10 Å². The number of para-hydroxylation sites is 1. The summed E-state index contributed by atoms with van der Waals surface area (Å²) in [5, 5.41) is 9.16. The van der Waals surface area contributed by atoms with E-state index in [1.54, 1.807) is 6.21 Å². The standard InChI is InChI=1S/C26H21Br2N3O2/c1-17-7-2-5-12-24(17)30-26(32)31-29-15-18-13-22(27)25(23(28)14-18)33-16-20-10-6-9-19-8-3-4-11-21(19)20/h2-15H,16H2,1H3,(H2,30,31,32). The predicted octanol–water partition coefficient (Wildman–Crippen LogP) is 7.41. The third-order valence-electron chi connectivity index (χ3n) is 5.05. The quantitative estimate of drug-likeness (QED) is 0.188. The normalized spacial score (nSPS) is 11.0. The van der Waals surface area contributed by atoms with Gasteiger partial charge >= 0.3 is 6.03 Å². The van der Waals surface area contributed by atoms with Gasteiger partial charge < -0.3 is 10.1 Å². The summed E-state index contributed by atoms with van der Waals surface area (Å²) in [5.41, 5.74) is 6.10. The monoisotopic (exact) mass is 565 g/mol. The molecular weight excluding hydrogens is 546 g/mol. The Morgan fingerprint density at radius 1 is 0.970 bits per heavy atom. The Balaban J connectivity index is 1.40. The Labute approximate surface area is 209 Å². The van der Waals surface area contributed by atoms with Crippen LogP contribution in [0.2, 0.25) is 0 Å². The summed E-state index contributed by atoms with van der Waals surface area (Å²) in [6.45, 7) is 2.37. The number of hydrogen-bond donors (Lipinski definition) is 2. The van der Waals surface area contributed by atoms with Crippen molar-refractivity contribution < 1.29 is 9.53 Å². The van der Waals surface area contributed by atoms with Gasteiger partial charge in [0.1, 0.15) is 12.4 Å². The van der Waals surface area contributed by atoms with Crippen LogP contribution in [0.1, 0.15) is 16.7 Å². The number of aryl methyl sites for hydroxylation is 1. The lowest BCUT2D eigenvalue weighted by molar-refractivity contribution is 0.252. The Bertz CT molecular complexity index is 1310. The van der Waals surface area contributed by atoms with Crippen molar-refractivity contribution in [3.05, 3.63) is 104 Å². The number of hydrazone groups is 1. The van der Waals surface area contributed by atoms with Crippen LogP contribution in [-0.4, -0.2) is 12.2 Å². The lowest BCUT2D eigenvalue weighted by Gasteiger charge is -2.13. The summed E-state index contributed by atoms with van der Waals surface area (Å²) in [6, 6.07) is 25.3. The van der Waals surface area contributed by atoms with Gasteiger partial charge in [0.15, 0.2) is 0 Å². The molecule has 0 bridgehead atoms. The number of nitrogens with zero attached hydrogens (tertiary/aromatic N) is 1. The summed E-state index contributed by atoms with van der Waals surface area (Å²) in [7, 11) is 0. The number of anilines is 1. The topological polar surface area (TPSA) is 62.7 Å². The second-order valence-electron chi connectivity index (χ2n) is 7.38. The number of ether oxygens (including phenoxy) is 1. The molecule has 0 aliphatic heterocycles. The lowest BCUT2D eigenvalue weighted by atomic mass is 10.1. The molecule has 166 valence electrons. The van der Waals surface area contributed by atoms with Crippen molar-refractivity contribution in [2.24, 2.45) is 5.10 Å². The van der Waals surface area contributed by atoms with Gasteiger partial charge in [-0.25, -0.2) is 10.2 Å². The fraction of sp³-hybridized carbons (Fsp3) is 0.0769. The maximum atomic E-state index is 12.1. The van der Waals surface area contributed by atoms with E-state index in [0.717, 1.165) is 31.3 Å². The molecule has 0 unspecified atom stereocenters. The number of hydrogen-bond acceptors (Lipinski definition) is 3. The van der Waals surface area contributed by atoms with Crippen molar-refractivity contribution in [3.63, 3.8) is 0 Å². The van der Waals surface area contributed by atoms with Crippen LogP contribution in [0.5, 0.6) is 5.75 Å². The molecular formula is C26H21Br2N3O2. The van der Waals surface area contributed by atoms with Crippen LogP contribution in [0.3, 0.4) is 0 Å². The molecule has 0 saturated carbocycles. The van der Waals surface area contributed by atoms with Crippen LogP contribution < -0.4 is 15.5 Å². The Morgan fingerprint density at radius 2 is 1.67 bits per heavy atom. The van der Waals surface area contributed by atoms with E-state index in [1.165, 1.54) is 10.8 Å². The van der Waals surface area contributed by atoms with Crippen molar-refractivity contribution in [1.29, 1.82) is 0 Å². The van der Waals surface area contributed by atoms with Crippen LogP contribution in [-0.2, 0) is 6.61 Å². The Morgan fingerprint density at radius 3 is 2.45 bits per heavy atom. The third-order valence-corrected chi connectivity index (χ3v) is 6.22. The van der Waals surface area contributed by atoms with Crippen molar-refractivity contribution in [2.75, 3.05) is 5.32 Å². The largest absolute Gasteiger partial charge is 0.487 e. The average molecular weight is 567 g/mol. The molecule has 0 atom stereocenters. The molecule has 2 N–H and O–H groups in total. The zero-order valence-corrected chi connectivity index (χ0v) is 21.0. The summed E-state index contributed by atoms with van der Waals surface area (Å²) < 4.78 is 7.68. The molecule has 0 radical (unpaired) electrons. The number of benzene rings is 4. The predicted molar refractivity (Wildman–Crippen MR) is 141 cm³/mol. The van der Waals surface area contributed by atoms with E-state index in [0.29, 0.717) is 12.4 Å². The molecule has 0 heterocycles.